The molecule has 0 unspecified atom stereocenters. The van der Waals surface area contributed by atoms with E-state index in [0.717, 1.165) is 16.9 Å². The van der Waals surface area contributed by atoms with E-state index in [9.17, 15) is 12.8 Å². The van der Waals surface area contributed by atoms with Crippen LogP contribution >= 0.6 is 11.3 Å². The zero-order chi connectivity index (χ0) is 28.1. The highest BCUT2D eigenvalue weighted by Crippen LogP contribution is 2.38. The van der Waals surface area contributed by atoms with E-state index in [4.69, 9.17) is 41.4 Å². The fourth-order valence-corrected chi connectivity index (χ4v) is 6.81. The number of fused-ring (bicyclic) bond motifs is 1. The number of benzene rings is 1. The van der Waals surface area contributed by atoms with E-state index in [1.807, 2.05) is 29.7 Å². The number of piperidine rings is 1. The maximum Gasteiger partial charge on any atom is 0.211 e. The molecular formula is C25H24B4FN5O2S2. The van der Waals surface area contributed by atoms with Gasteiger partial charge in [-0.3, -0.25) is 4.40 Å². The lowest BCUT2D eigenvalue weighted by molar-refractivity contribution is 0.321. The van der Waals surface area contributed by atoms with E-state index in [-0.39, 0.29) is 11.7 Å². The summed E-state index contributed by atoms with van der Waals surface area (Å²) < 4.78 is 41.2. The Balaban J connectivity index is 1.59. The van der Waals surface area contributed by atoms with Gasteiger partial charge in [0.05, 0.1) is 41.2 Å². The fraction of sp³-hybridized carbons (Fsp3) is 0.360. The average Bonchev–Trinajstić information content (AvgIpc) is 3.43. The first-order valence-electron chi connectivity index (χ1n) is 12.5. The van der Waals surface area contributed by atoms with Crippen LogP contribution in [0.5, 0.6) is 0 Å². The lowest BCUT2D eigenvalue weighted by Crippen LogP contribution is -2.49. The Hall–Kier alpha value is -2.56. The standard InChI is InChI=1S/C25H24B4FN5O2S2/c1-3-19-23(34-14-17(6-9-20(34)31-19)15-10-12-33(13-11-15)39(2,36)37)35(25(27,28)29)24-32-21(22(26)38-24)16-4-7-18(30)8-5-16/h4-9,14-15H,3,10-13H2,1-2H3. The van der Waals surface area contributed by atoms with Crippen molar-refractivity contribution in [2.75, 3.05) is 24.2 Å². The summed E-state index contributed by atoms with van der Waals surface area (Å²) in [7, 11) is 22.1. The first-order valence-corrected chi connectivity index (χ1v) is 15.2. The molecule has 1 aliphatic rings. The van der Waals surface area contributed by atoms with Crippen molar-refractivity contribution in [3.05, 3.63) is 59.7 Å². The second-order valence-corrected chi connectivity index (χ2v) is 12.8. The molecule has 1 aliphatic heterocycles. The summed E-state index contributed by atoms with van der Waals surface area (Å²) in [6.45, 7) is 2.90. The van der Waals surface area contributed by atoms with Gasteiger partial charge in [-0.15, -0.1) is 11.3 Å². The highest BCUT2D eigenvalue weighted by atomic mass is 32.2. The Morgan fingerprint density at radius 2 is 1.77 bits per heavy atom. The van der Waals surface area contributed by atoms with E-state index >= 15 is 0 Å². The van der Waals surface area contributed by atoms with E-state index in [1.54, 1.807) is 12.1 Å². The molecule has 1 aromatic carbocycles. The molecule has 4 heterocycles. The van der Waals surface area contributed by atoms with Gasteiger partial charge in [0.25, 0.3) is 0 Å². The molecule has 3 aromatic heterocycles. The molecule has 1 saturated heterocycles. The molecule has 0 spiro atoms. The van der Waals surface area contributed by atoms with Crippen LogP contribution in [0.25, 0.3) is 16.9 Å². The number of imidazole rings is 1. The predicted molar refractivity (Wildman–Crippen MR) is 158 cm³/mol. The van der Waals surface area contributed by atoms with Crippen LogP contribution in [0.4, 0.5) is 15.3 Å². The maximum atomic E-state index is 13.5. The summed E-state index contributed by atoms with van der Waals surface area (Å²) in [4.78, 5) is 11.0. The largest absolute Gasteiger partial charge is 0.322 e. The molecule has 5 rings (SSSR count). The number of pyridine rings is 1. The molecule has 0 atom stereocenters. The first-order chi connectivity index (χ1) is 18.4. The molecule has 4 aromatic rings. The molecule has 0 aliphatic carbocycles. The van der Waals surface area contributed by atoms with E-state index in [2.05, 4.69) is 0 Å². The number of anilines is 2. The SMILES string of the molecule is [B]c1sc(N(c2c(CC)nc3ccc(C4CCN(S(C)(=O)=O)CC4)cn23)C([B])([B])[B])nc1-c1ccc(F)cc1. The second kappa shape index (κ2) is 10.4. The number of aromatic nitrogens is 3. The summed E-state index contributed by atoms with van der Waals surface area (Å²) in [5.41, 5.74) is 3.54. The number of hydrogen-bond acceptors (Lipinski definition) is 6. The van der Waals surface area contributed by atoms with Crippen molar-refractivity contribution in [1.82, 2.24) is 18.7 Å². The van der Waals surface area contributed by atoms with Gasteiger partial charge in [0.1, 0.15) is 25.1 Å². The molecule has 14 heteroatoms. The van der Waals surface area contributed by atoms with Crippen LogP contribution in [-0.2, 0) is 16.4 Å². The summed E-state index contributed by atoms with van der Waals surface area (Å²) in [5, 5.41) is -1.50. The van der Waals surface area contributed by atoms with Gasteiger partial charge in [-0.25, -0.2) is 27.1 Å². The van der Waals surface area contributed by atoms with Gasteiger partial charge >= 0.3 is 0 Å². The van der Waals surface area contributed by atoms with Crippen molar-refractivity contribution < 1.29 is 12.8 Å². The molecular weight excluding hydrogens is 529 g/mol. The number of thiazole rings is 1. The molecule has 192 valence electrons. The average molecular weight is 553 g/mol. The van der Waals surface area contributed by atoms with Crippen LogP contribution in [0.3, 0.4) is 0 Å². The van der Waals surface area contributed by atoms with Crippen LogP contribution in [0, 0.1) is 5.82 Å². The van der Waals surface area contributed by atoms with Gasteiger partial charge in [0.15, 0.2) is 5.13 Å². The quantitative estimate of drug-likeness (QED) is 0.329. The molecule has 0 N–H and O–H groups in total. The summed E-state index contributed by atoms with van der Waals surface area (Å²) in [6, 6.07) is 9.82. The van der Waals surface area contributed by atoms with Gasteiger partial charge in [0.2, 0.25) is 10.0 Å². The third-order valence-corrected chi connectivity index (χ3v) is 9.14. The van der Waals surface area contributed by atoms with Crippen LogP contribution < -0.4 is 9.68 Å². The lowest BCUT2D eigenvalue weighted by atomic mass is 9.48. The zero-order valence-corrected chi connectivity index (χ0v) is 23.3. The summed E-state index contributed by atoms with van der Waals surface area (Å²) >= 11 is 1.16. The normalized spacial score (nSPS) is 15.7. The highest BCUT2D eigenvalue weighted by Gasteiger charge is 2.32. The second-order valence-electron chi connectivity index (χ2n) is 9.80. The Bertz CT molecular complexity index is 1610. The van der Waals surface area contributed by atoms with E-state index in [0.29, 0.717) is 70.7 Å². The molecule has 0 amide bonds. The van der Waals surface area contributed by atoms with E-state index < -0.39 is 15.3 Å². The lowest BCUT2D eigenvalue weighted by Gasteiger charge is -2.37. The number of aryl methyl sites for hydroxylation is 1. The minimum atomic E-state index is -3.22. The molecule has 0 bridgehead atoms. The van der Waals surface area contributed by atoms with Crippen molar-refractivity contribution in [1.29, 1.82) is 0 Å². The van der Waals surface area contributed by atoms with Crippen LogP contribution in [0.1, 0.15) is 36.9 Å². The Morgan fingerprint density at radius 1 is 1.10 bits per heavy atom. The molecule has 8 radical (unpaired) electrons. The maximum absolute atomic E-state index is 13.5. The summed E-state index contributed by atoms with van der Waals surface area (Å²) in [6.07, 6.45) is 5.19. The van der Waals surface area contributed by atoms with Crippen molar-refractivity contribution >= 4 is 74.1 Å². The number of halogens is 1. The Labute approximate surface area is 237 Å². The van der Waals surface area contributed by atoms with Crippen molar-refractivity contribution in [2.45, 2.75) is 37.3 Å². The van der Waals surface area contributed by atoms with Gasteiger partial charge in [0, 0.05) is 24.8 Å². The molecule has 7 nitrogen and oxygen atoms in total. The number of sulfonamides is 1. The zero-order valence-electron chi connectivity index (χ0n) is 21.7. The third-order valence-electron chi connectivity index (χ3n) is 6.97. The highest BCUT2D eigenvalue weighted by molar-refractivity contribution is 7.88. The first kappa shape index (κ1) is 28.0. The molecule has 1 fully saturated rings. The van der Waals surface area contributed by atoms with Crippen molar-refractivity contribution in [3.8, 4) is 11.3 Å². The third kappa shape index (κ3) is 5.56. The molecule has 39 heavy (non-hydrogen) atoms. The van der Waals surface area contributed by atoms with Gasteiger partial charge in [-0.05, 0) is 65.9 Å². The Morgan fingerprint density at radius 3 is 2.36 bits per heavy atom. The monoisotopic (exact) mass is 553 g/mol. The minimum absolute atomic E-state index is 0.167. The van der Waals surface area contributed by atoms with Crippen molar-refractivity contribution in [3.63, 3.8) is 0 Å². The van der Waals surface area contributed by atoms with Crippen LogP contribution in [0.2, 0.25) is 0 Å². The number of rotatable bonds is 7. The van der Waals surface area contributed by atoms with Gasteiger partial charge in [-0.1, -0.05) is 18.2 Å². The van der Waals surface area contributed by atoms with Gasteiger partial charge in [-0.2, -0.15) is 0 Å². The number of hydrogen-bond donors (Lipinski definition) is 0. The predicted octanol–water partition coefficient (Wildman–Crippen LogP) is 2.35. The van der Waals surface area contributed by atoms with Gasteiger partial charge < -0.3 is 4.90 Å². The van der Waals surface area contributed by atoms with E-state index in [1.165, 1.54) is 27.6 Å². The smallest absolute Gasteiger partial charge is 0.211 e. The topological polar surface area (TPSA) is 70.8 Å². The fourth-order valence-electron chi connectivity index (χ4n) is 5.00. The minimum Gasteiger partial charge on any atom is -0.322 e. The number of nitrogens with zero attached hydrogens (tertiary/aromatic N) is 5. The summed E-state index contributed by atoms with van der Waals surface area (Å²) in [5.74, 6) is 0.366. The van der Waals surface area contributed by atoms with Crippen LogP contribution in [-0.4, -0.2) is 83.1 Å². The Kier molecular flexibility index (Phi) is 7.49. The molecule has 0 saturated carbocycles. The van der Waals surface area contributed by atoms with Crippen molar-refractivity contribution in [2.24, 2.45) is 0 Å². The van der Waals surface area contributed by atoms with Crippen LogP contribution in [0.15, 0.2) is 42.6 Å².